The third-order valence-corrected chi connectivity index (χ3v) is 5.39. The van der Waals surface area contributed by atoms with E-state index in [4.69, 9.17) is 9.47 Å². The average Bonchev–Trinajstić information content (AvgIpc) is 2.93. The third kappa shape index (κ3) is 5.42. The molecule has 0 radical (unpaired) electrons. The van der Waals surface area contributed by atoms with Gasteiger partial charge in [-0.1, -0.05) is 4.86 Å². The van der Waals surface area contributed by atoms with Crippen molar-refractivity contribution < 1.29 is 23.9 Å². The van der Waals surface area contributed by atoms with Gasteiger partial charge in [-0.25, -0.2) is 0 Å². The van der Waals surface area contributed by atoms with Crippen LogP contribution in [0.3, 0.4) is 0 Å². The summed E-state index contributed by atoms with van der Waals surface area (Å²) in [6.45, 7) is 0. The van der Waals surface area contributed by atoms with Crippen LogP contribution in [0.4, 0.5) is 11.4 Å². The highest BCUT2D eigenvalue weighted by Crippen LogP contribution is 2.22. The van der Waals surface area contributed by atoms with E-state index in [0.717, 1.165) is 0 Å². The van der Waals surface area contributed by atoms with E-state index in [9.17, 15) is 14.8 Å². The number of benzene rings is 4. The van der Waals surface area contributed by atoms with Gasteiger partial charge in [0, 0.05) is 39.5 Å². The Kier molecular flexibility index (Phi) is 6.97. The Labute approximate surface area is 202 Å². The van der Waals surface area contributed by atoms with Crippen molar-refractivity contribution in [2.75, 3.05) is 14.2 Å². The van der Waals surface area contributed by atoms with Crippen molar-refractivity contribution in [3.8, 4) is 11.5 Å². The number of ether oxygens (including phenoxy) is 2. The molecule has 0 unspecified atom stereocenters. The van der Waals surface area contributed by atoms with Gasteiger partial charge in [0.1, 0.15) is 17.2 Å². The molecular formula is C28H22N2O5. The predicted octanol–water partition coefficient (Wildman–Crippen LogP) is 6.09. The lowest BCUT2D eigenvalue weighted by molar-refractivity contribution is -0.435. The number of carbonyl (C=O) groups is 2. The SMILES string of the molecule is COc1ccc(C(=O)c2ccc(N=[N+]([O-])c3ccc(C(=O)c4ccc(OC)cc4)cc3)cc2)cc1. The summed E-state index contributed by atoms with van der Waals surface area (Å²) in [4.78, 5) is 25.8. The molecule has 0 aliphatic carbocycles. The molecule has 0 spiro atoms. The van der Waals surface area contributed by atoms with Crippen molar-refractivity contribution in [2.45, 2.75) is 0 Å². The molecule has 0 saturated heterocycles. The molecule has 35 heavy (non-hydrogen) atoms. The third-order valence-electron chi connectivity index (χ3n) is 5.39. The molecule has 4 aromatic rings. The van der Waals surface area contributed by atoms with Gasteiger partial charge in [0.2, 0.25) is 5.69 Å². The second-order valence-corrected chi connectivity index (χ2v) is 7.58. The van der Waals surface area contributed by atoms with E-state index < -0.39 is 0 Å². The van der Waals surface area contributed by atoms with Crippen molar-refractivity contribution in [1.82, 2.24) is 0 Å². The van der Waals surface area contributed by atoms with Crippen LogP contribution in [0.5, 0.6) is 11.5 Å². The monoisotopic (exact) mass is 466 g/mol. The molecule has 0 fully saturated rings. The summed E-state index contributed by atoms with van der Waals surface area (Å²) in [6.07, 6.45) is 0. The van der Waals surface area contributed by atoms with Crippen molar-refractivity contribution in [1.29, 1.82) is 0 Å². The fraction of sp³-hybridized carbons (Fsp3) is 0.0714. The zero-order valence-electron chi connectivity index (χ0n) is 19.2. The van der Waals surface area contributed by atoms with Crippen molar-refractivity contribution in [3.05, 3.63) is 125 Å². The molecule has 0 aliphatic heterocycles. The molecule has 0 amide bonds. The Morgan fingerprint density at radius 1 is 0.600 bits per heavy atom. The van der Waals surface area contributed by atoms with E-state index in [1.54, 1.807) is 99.1 Å². The fourth-order valence-electron chi connectivity index (χ4n) is 3.40. The highest BCUT2D eigenvalue weighted by atomic mass is 16.5. The Hall–Kier alpha value is -4.78. The van der Waals surface area contributed by atoms with E-state index in [1.807, 2.05) is 0 Å². The molecule has 0 aromatic heterocycles. The first-order chi connectivity index (χ1) is 17.0. The second kappa shape index (κ2) is 10.4. The highest BCUT2D eigenvalue weighted by molar-refractivity contribution is 6.09. The lowest BCUT2D eigenvalue weighted by Crippen LogP contribution is -2.01. The number of rotatable bonds is 8. The standard InChI is InChI=1S/C28H22N2O5/c1-34-25-15-7-21(8-16-25)27(31)19-3-11-23(12-4-19)29-30(33)24-13-5-20(6-14-24)28(32)22-9-17-26(35-2)18-10-22/h3-18H,1-2H3. The normalized spacial score (nSPS) is 11.1. The number of hydrogen-bond acceptors (Lipinski definition) is 6. The molecule has 0 heterocycles. The molecule has 7 heteroatoms. The number of nitrogens with zero attached hydrogens (tertiary/aromatic N) is 2. The molecule has 0 aliphatic rings. The first-order valence-corrected chi connectivity index (χ1v) is 10.7. The van der Waals surface area contributed by atoms with Crippen LogP contribution in [0, 0.1) is 5.21 Å². The fourth-order valence-corrected chi connectivity index (χ4v) is 3.40. The summed E-state index contributed by atoms with van der Waals surface area (Å²) in [5.74, 6) is 1.03. The number of methoxy groups -OCH3 is 2. The Bertz CT molecular complexity index is 1360. The number of hydrogen-bond donors (Lipinski definition) is 0. The maximum atomic E-state index is 12.6. The van der Waals surface area contributed by atoms with Gasteiger partial charge in [-0.3, -0.25) is 9.59 Å². The van der Waals surface area contributed by atoms with Gasteiger partial charge in [0.05, 0.1) is 14.2 Å². The summed E-state index contributed by atoms with van der Waals surface area (Å²) in [5, 5.41) is 16.5. The predicted molar refractivity (Wildman–Crippen MR) is 131 cm³/mol. The van der Waals surface area contributed by atoms with Gasteiger partial charge in [0.25, 0.3) is 0 Å². The number of carbonyl (C=O) groups excluding carboxylic acids is 2. The summed E-state index contributed by atoms with van der Waals surface area (Å²) < 4.78 is 10.2. The van der Waals surface area contributed by atoms with Crippen LogP contribution in [0.1, 0.15) is 31.8 Å². The van der Waals surface area contributed by atoms with Crippen LogP contribution in [-0.2, 0) is 0 Å². The highest BCUT2D eigenvalue weighted by Gasteiger charge is 2.13. The molecule has 7 nitrogen and oxygen atoms in total. The van der Waals surface area contributed by atoms with Crippen molar-refractivity contribution >= 4 is 22.9 Å². The maximum absolute atomic E-state index is 12.6. The minimum absolute atomic E-state index is 0.143. The second-order valence-electron chi connectivity index (χ2n) is 7.58. The molecule has 0 N–H and O–H groups in total. The summed E-state index contributed by atoms with van der Waals surface area (Å²) >= 11 is 0. The Balaban J connectivity index is 1.45. The van der Waals surface area contributed by atoms with Crippen LogP contribution in [0.2, 0.25) is 0 Å². The lowest BCUT2D eigenvalue weighted by atomic mass is 10.0. The van der Waals surface area contributed by atoms with E-state index in [2.05, 4.69) is 5.11 Å². The first kappa shape index (κ1) is 23.4. The minimum Gasteiger partial charge on any atom is -0.594 e. The van der Waals surface area contributed by atoms with Crippen molar-refractivity contribution in [2.24, 2.45) is 5.11 Å². The maximum Gasteiger partial charge on any atom is 0.244 e. The topological polar surface area (TPSA) is 91.0 Å². The largest absolute Gasteiger partial charge is 0.594 e. The summed E-state index contributed by atoms with van der Waals surface area (Å²) in [6, 6.07) is 26.3. The average molecular weight is 466 g/mol. The van der Waals surface area contributed by atoms with E-state index in [0.29, 0.717) is 44.3 Å². The quantitative estimate of drug-likeness (QED) is 0.136. The van der Waals surface area contributed by atoms with Crippen LogP contribution in [-0.4, -0.2) is 30.6 Å². The van der Waals surface area contributed by atoms with Crippen molar-refractivity contribution in [3.63, 3.8) is 0 Å². The van der Waals surface area contributed by atoms with E-state index in [1.165, 1.54) is 12.1 Å². The van der Waals surface area contributed by atoms with Gasteiger partial charge in [-0.2, -0.15) is 0 Å². The Morgan fingerprint density at radius 3 is 1.31 bits per heavy atom. The van der Waals surface area contributed by atoms with Crippen LogP contribution >= 0.6 is 0 Å². The lowest BCUT2D eigenvalue weighted by Gasteiger charge is -2.05. The van der Waals surface area contributed by atoms with Gasteiger partial charge in [-0.05, 0) is 84.9 Å². The minimum atomic E-state index is -0.161. The smallest absolute Gasteiger partial charge is 0.244 e. The molecule has 174 valence electrons. The molecule has 0 bridgehead atoms. The first-order valence-electron chi connectivity index (χ1n) is 10.7. The molecular weight excluding hydrogens is 444 g/mol. The van der Waals surface area contributed by atoms with Gasteiger partial charge in [0.15, 0.2) is 11.6 Å². The Morgan fingerprint density at radius 2 is 0.943 bits per heavy atom. The zero-order chi connectivity index (χ0) is 24.8. The van der Waals surface area contributed by atoms with E-state index >= 15 is 0 Å². The molecule has 4 rings (SSSR count). The molecule has 0 atom stereocenters. The molecule has 4 aromatic carbocycles. The van der Waals surface area contributed by atoms with Gasteiger partial charge < -0.3 is 14.7 Å². The van der Waals surface area contributed by atoms with E-state index in [-0.39, 0.29) is 17.3 Å². The van der Waals surface area contributed by atoms with Crippen LogP contribution in [0.25, 0.3) is 0 Å². The summed E-state index contributed by atoms with van der Waals surface area (Å²) in [7, 11) is 3.13. The van der Waals surface area contributed by atoms with Gasteiger partial charge >= 0.3 is 0 Å². The van der Waals surface area contributed by atoms with Gasteiger partial charge in [-0.15, -0.1) is 0 Å². The molecule has 0 saturated carbocycles. The number of azo groups is 1. The number of ketones is 2. The zero-order valence-corrected chi connectivity index (χ0v) is 19.2. The van der Waals surface area contributed by atoms with Crippen LogP contribution in [0.15, 0.2) is 102 Å². The van der Waals surface area contributed by atoms with Crippen LogP contribution < -0.4 is 9.47 Å². The summed E-state index contributed by atoms with van der Waals surface area (Å²) in [5.41, 5.74) is 2.65.